The first kappa shape index (κ1) is 24.4. The number of hydrogen-bond donors (Lipinski definition) is 7. The van der Waals surface area contributed by atoms with Crippen LogP contribution >= 0.6 is 0 Å². The van der Waals surface area contributed by atoms with Gasteiger partial charge in [-0.05, 0) is 37.8 Å². The Labute approximate surface area is 184 Å². The second-order valence-corrected chi connectivity index (χ2v) is 7.33. The molecule has 0 bridgehead atoms. The number of aliphatic carboxylic acids is 1. The third-order valence-corrected chi connectivity index (χ3v) is 4.98. The molecular weight excluding hydrogens is 420 g/mol. The molecule has 1 aromatic carbocycles. The fourth-order valence-corrected chi connectivity index (χ4v) is 3.44. The van der Waals surface area contributed by atoms with E-state index in [1.165, 1.54) is 17.0 Å². The number of phenolic OH excluding ortho intramolecular Hbond substituents is 1. The monoisotopic (exact) mass is 448 g/mol. The molecule has 0 radical (unpaired) electrons. The van der Waals surface area contributed by atoms with Crippen LogP contribution < -0.4 is 21.7 Å². The molecule has 1 fully saturated rings. The van der Waals surface area contributed by atoms with Crippen molar-refractivity contribution in [2.45, 2.75) is 37.8 Å². The number of para-hydroxylation sites is 1. The quantitative estimate of drug-likeness (QED) is 0.133. The zero-order valence-corrected chi connectivity index (χ0v) is 17.5. The van der Waals surface area contributed by atoms with Gasteiger partial charge in [-0.1, -0.05) is 12.1 Å². The van der Waals surface area contributed by atoms with Crippen LogP contribution in [0.2, 0.25) is 0 Å². The van der Waals surface area contributed by atoms with E-state index in [0.29, 0.717) is 25.8 Å². The number of aromatic hydroxyl groups is 1. The van der Waals surface area contributed by atoms with E-state index in [1.54, 1.807) is 12.1 Å². The molecule has 3 amide bonds. The Bertz CT molecular complexity index is 876. The normalized spacial score (nSPS) is 16.1. The third kappa shape index (κ3) is 6.86. The molecule has 12 heteroatoms. The van der Waals surface area contributed by atoms with Gasteiger partial charge < -0.3 is 36.8 Å². The molecule has 0 saturated carbocycles. The maximum Gasteiger partial charge on any atom is 0.322 e. The molecule has 1 aliphatic heterocycles. The molecule has 32 heavy (non-hydrogen) atoms. The van der Waals surface area contributed by atoms with Crippen molar-refractivity contribution in [1.29, 1.82) is 5.41 Å². The van der Waals surface area contributed by atoms with Crippen molar-refractivity contribution in [1.82, 2.24) is 20.9 Å². The number of carboxylic acids is 1. The predicted molar refractivity (Wildman–Crippen MR) is 114 cm³/mol. The third-order valence-electron chi connectivity index (χ3n) is 4.98. The predicted octanol–water partition coefficient (Wildman–Crippen LogP) is -1.05. The first-order valence-electron chi connectivity index (χ1n) is 10.2. The van der Waals surface area contributed by atoms with Crippen LogP contribution in [0.3, 0.4) is 0 Å². The number of nitrogens with one attached hydrogen (secondary N) is 4. The topological polar surface area (TPSA) is 198 Å². The van der Waals surface area contributed by atoms with Crippen LogP contribution in [0.5, 0.6) is 5.75 Å². The van der Waals surface area contributed by atoms with Crippen molar-refractivity contribution in [3.8, 4) is 5.75 Å². The molecule has 0 aliphatic carbocycles. The highest BCUT2D eigenvalue weighted by Gasteiger charge is 2.36. The summed E-state index contributed by atoms with van der Waals surface area (Å²) in [5.41, 5.74) is 5.30. The van der Waals surface area contributed by atoms with Gasteiger partial charge in [-0.15, -0.1) is 0 Å². The summed E-state index contributed by atoms with van der Waals surface area (Å²) in [6.45, 7) is 0.0110. The second kappa shape index (κ2) is 11.5. The van der Waals surface area contributed by atoms with Gasteiger partial charge in [0.25, 0.3) is 5.91 Å². The van der Waals surface area contributed by atoms with E-state index in [0.717, 1.165) is 0 Å². The van der Waals surface area contributed by atoms with Gasteiger partial charge in [0.05, 0.1) is 5.56 Å². The number of nitrogens with two attached hydrogens (primary N) is 1. The highest BCUT2D eigenvalue weighted by atomic mass is 16.4. The molecule has 0 spiro atoms. The molecule has 1 saturated heterocycles. The van der Waals surface area contributed by atoms with Crippen molar-refractivity contribution in [2.75, 3.05) is 19.6 Å². The van der Waals surface area contributed by atoms with E-state index >= 15 is 0 Å². The number of phenols is 1. The van der Waals surface area contributed by atoms with Crippen LogP contribution in [-0.4, -0.2) is 76.5 Å². The Morgan fingerprint density at radius 2 is 1.94 bits per heavy atom. The summed E-state index contributed by atoms with van der Waals surface area (Å²) in [4.78, 5) is 50.3. The fourth-order valence-electron chi connectivity index (χ4n) is 3.44. The molecule has 8 N–H and O–H groups in total. The van der Waals surface area contributed by atoms with Crippen molar-refractivity contribution in [2.24, 2.45) is 5.73 Å². The summed E-state index contributed by atoms with van der Waals surface area (Å²) in [5, 5.41) is 33.3. The number of carbonyl (C=O) groups is 4. The maximum atomic E-state index is 12.9. The molecule has 0 aromatic heterocycles. The molecule has 1 aromatic rings. The molecule has 1 aliphatic rings. The lowest BCUT2D eigenvalue weighted by Gasteiger charge is -2.26. The molecule has 2 rings (SSSR count). The number of nitrogens with zero attached hydrogens (tertiary/aromatic N) is 1. The van der Waals surface area contributed by atoms with E-state index in [9.17, 15) is 24.3 Å². The van der Waals surface area contributed by atoms with Crippen LogP contribution in [0.4, 0.5) is 0 Å². The van der Waals surface area contributed by atoms with Crippen LogP contribution in [0.25, 0.3) is 0 Å². The number of amides is 3. The molecule has 2 atom stereocenters. The average Bonchev–Trinajstić information content (AvgIpc) is 3.23. The van der Waals surface area contributed by atoms with Gasteiger partial charge in [0.15, 0.2) is 5.96 Å². The summed E-state index contributed by atoms with van der Waals surface area (Å²) in [6, 6.07) is 4.19. The lowest BCUT2D eigenvalue weighted by atomic mass is 10.1. The summed E-state index contributed by atoms with van der Waals surface area (Å²) in [5.74, 6) is -3.34. The smallest absolute Gasteiger partial charge is 0.322 e. The minimum absolute atomic E-state index is 0.0817. The summed E-state index contributed by atoms with van der Waals surface area (Å²) < 4.78 is 0. The van der Waals surface area contributed by atoms with Crippen LogP contribution in [0, 0.1) is 5.41 Å². The van der Waals surface area contributed by atoms with Gasteiger partial charge in [0.1, 0.15) is 24.4 Å². The molecule has 174 valence electrons. The van der Waals surface area contributed by atoms with Crippen molar-refractivity contribution >= 4 is 29.7 Å². The number of carboxylic acid groups (broad SMARTS) is 1. The van der Waals surface area contributed by atoms with E-state index in [1.807, 2.05) is 0 Å². The van der Waals surface area contributed by atoms with Gasteiger partial charge in [0, 0.05) is 13.1 Å². The standard InChI is InChI=1S/C20H28N6O6/c21-20(22)23-9-3-6-13(17(30)24-11-16(28)29)25-18(31)14-7-4-10-26(14)19(32)12-5-1-2-8-15(12)27/h1-2,5,8,13-14,27H,3-4,6-7,9-11H2,(H,24,30)(H,25,31)(H,28,29)(H4,21,22,23)/t13-,14-/m0/s1. The Hall–Kier alpha value is -3.83. The molecule has 0 unspecified atom stereocenters. The van der Waals surface area contributed by atoms with E-state index in [2.05, 4.69) is 16.0 Å². The fraction of sp³-hybridized carbons (Fsp3) is 0.450. The Morgan fingerprint density at radius 3 is 2.59 bits per heavy atom. The van der Waals surface area contributed by atoms with E-state index in [-0.39, 0.29) is 30.2 Å². The maximum absolute atomic E-state index is 12.9. The lowest BCUT2D eigenvalue weighted by Crippen LogP contribution is -2.53. The van der Waals surface area contributed by atoms with Crippen LogP contribution in [0.1, 0.15) is 36.0 Å². The average molecular weight is 448 g/mol. The SMILES string of the molecule is N=C(N)NCCC[C@H](NC(=O)[C@@H]1CCCN1C(=O)c1ccccc1O)C(=O)NCC(=O)O. The first-order valence-corrected chi connectivity index (χ1v) is 10.2. The number of rotatable bonds is 10. The molecule has 12 nitrogen and oxygen atoms in total. The molecule has 1 heterocycles. The number of benzene rings is 1. The Morgan fingerprint density at radius 1 is 1.22 bits per heavy atom. The highest BCUT2D eigenvalue weighted by Crippen LogP contribution is 2.24. The van der Waals surface area contributed by atoms with E-state index in [4.69, 9.17) is 16.2 Å². The minimum atomic E-state index is -1.23. The number of hydrogen-bond acceptors (Lipinski definition) is 6. The largest absolute Gasteiger partial charge is 0.507 e. The van der Waals surface area contributed by atoms with Crippen LogP contribution in [0.15, 0.2) is 24.3 Å². The number of carbonyl (C=O) groups excluding carboxylic acids is 3. The zero-order chi connectivity index (χ0) is 23.7. The number of guanidine groups is 1. The van der Waals surface area contributed by atoms with Crippen molar-refractivity contribution < 1.29 is 29.4 Å². The van der Waals surface area contributed by atoms with Gasteiger partial charge in [-0.3, -0.25) is 24.6 Å². The lowest BCUT2D eigenvalue weighted by molar-refractivity contribution is -0.138. The van der Waals surface area contributed by atoms with Gasteiger partial charge in [-0.25, -0.2) is 0 Å². The van der Waals surface area contributed by atoms with Crippen LogP contribution in [-0.2, 0) is 14.4 Å². The zero-order valence-electron chi connectivity index (χ0n) is 17.5. The van der Waals surface area contributed by atoms with Crippen molar-refractivity contribution in [3.63, 3.8) is 0 Å². The van der Waals surface area contributed by atoms with E-state index < -0.39 is 42.3 Å². The van der Waals surface area contributed by atoms with Crippen molar-refractivity contribution in [3.05, 3.63) is 29.8 Å². The summed E-state index contributed by atoms with van der Waals surface area (Å²) >= 11 is 0. The number of likely N-dealkylation sites (tertiary alicyclic amines) is 1. The Kier molecular flexibility index (Phi) is 8.81. The summed E-state index contributed by atoms with van der Waals surface area (Å²) in [6.07, 6.45) is 1.50. The highest BCUT2D eigenvalue weighted by molar-refractivity contribution is 6.00. The summed E-state index contributed by atoms with van der Waals surface area (Å²) in [7, 11) is 0. The molecular formula is C20H28N6O6. The van der Waals surface area contributed by atoms with Gasteiger partial charge in [-0.2, -0.15) is 0 Å². The Balaban J connectivity index is 2.07. The van der Waals surface area contributed by atoms with Gasteiger partial charge >= 0.3 is 5.97 Å². The minimum Gasteiger partial charge on any atom is -0.507 e. The first-order chi connectivity index (χ1) is 15.2. The second-order valence-electron chi connectivity index (χ2n) is 7.33. The van der Waals surface area contributed by atoms with Gasteiger partial charge in [0.2, 0.25) is 11.8 Å².